The lowest BCUT2D eigenvalue weighted by molar-refractivity contribution is 0.0735. The lowest BCUT2D eigenvalue weighted by Gasteiger charge is -2.49. The van der Waals surface area contributed by atoms with E-state index in [1.54, 1.807) is 5.57 Å². The summed E-state index contributed by atoms with van der Waals surface area (Å²) in [5, 5.41) is 0. The third kappa shape index (κ3) is 1.72. The van der Waals surface area contributed by atoms with Crippen LogP contribution < -0.4 is 0 Å². The highest BCUT2D eigenvalue weighted by atomic mass is 14.6. The molecule has 2 fully saturated rings. The summed E-state index contributed by atoms with van der Waals surface area (Å²) in [6, 6.07) is 0. The molecule has 2 saturated carbocycles. The molecule has 4 aliphatic rings. The van der Waals surface area contributed by atoms with Crippen molar-refractivity contribution in [3.8, 4) is 0 Å². The largest absolute Gasteiger partial charge is 0.0810 e. The Balaban J connectivity index is 1.71. The molecule has 0 unspecified atom stereocenters. The molecular formula is C20H30. The van der Waals surface area contributed by atoms with E-state index in [-0.39, 0.29) is 0 Å². The maximum absolute atomic E-state index is 2.65. The van der Waals surface area contributed by atoms with E-state index in [4.69, 9.17) is 0 Å². The van der Waals surface area contributed by atoms with E-state index in [0.29, 0.717) is 5.41 Å². The van der Waals surface area contributed by atoms with Crippen LogP contribution in [0.5, 0.6) is 0 Å². The van der Waals surface area contributed by atoms with E-state index in [1.807, 2.05) is 11.1 Å². The summed E-state index contributed by atoms with van der Waals surface area (Å²) in [5.41, 5.74) is 6.21. The van der Waals surface area contributed by atoms with Gasteiger partial charge in [-0.25, -0.2) is 0 Å². The number of rotatable bonds is 1. The number of hydrogen-bond acceptors (Lipinski definition) is 0. The lowest BCUT2D eigenvalue weighted by atomic mass is 9.56. The van der Waals surface area contributed by atoms with Gasteiger partial charge in [-0.3, -0.25) is 0 Å². The van der Waals surface area contributed by atoms with E-state index >= 15 is 0 Å². The molecule has 0 bridgehead atoms. The second-order valence-corrected chi connectivity index (χ2v) is 8.07. The van der Waals surface area contributed by atoms with Crippen molar-refractivity contribution in [2.75, 3.05) is 0 Å². The van der Waals surface area contributed by atoms with Crippen LogP contribution >= 0.6 is 0 Å². The van der Waals surface area contributed by atoms with Gasteiger partial charge in [0.2, 0.25) is 0 Å². The average molecular weight is 270 g/mol. The van der Waals surface area contributed by atoms with Crippen LogP contribution in [-0.2, 0) is 0 Å². The molecule has 0 aromatic carbocycles. The Hall–Kier alpha value is -0.520. The summed E-state index contributed by atoms with van der Waals surface area (Å²) < 4.78 is 0. The molecule has 110 valence electrons. The van der Waals surface area contributed by atoms with E-state index in [9.17, 15) is 0 Å². The van der Waals surface area contributed by atoms with Crippen molar-refractivity contribution in [2.24, 2.45) is 23.2 Å². The number of hydrogen-bond donors (Lipinski definition) is 0. The van der Waals surface area contributed by atoms with Gasteiger partial charge in [-0.05, 0) is 92.1 Å². The fraction of sp³-hybridized carbons (Fsp3) is 0.800. The van der Waals surface area contributed by atoms with Crippen LogP contribution in [0.4, 0.5) is 0 Å². The van der Waals surface area contributed by atoms with Crippen molar-refractivity contribution in [3.05, 3.63) is 22.8 Å². The smallest absolute Gasteiger partial charge is 0.0160 e. The Bertz CT molecular complexity index is 466. The van der Waals surface area contributed by atoms with Gasteiger partial charge in [0.05, 0.1) is 0 Å². The number of allylic oxidation sites excluding steroid dienone is 4. The highest BCUT2D eigenvalue weighted by molar-refractivity contribution is 5.42. The van der Waals surface area contributed by atoms with E-state index in [1.165, 1.54) is 64.2 Å². The molecule has 0 aliphatic heterocycles. The van der Waals surface area contributed by atoms with Crippen LogP contribution in [0.15, 0.2) is 22.8 Å². The van der Waals surface area contributed by atoms with Gasteiger partial charge >= 0.3 is 0 Å². The van der Waals surface area contributed by atoms with Gasteiger partial charge in [-0.1, -0.05) is 31.9 Å². The Labute approximate surface area is 124 Å². The van der Waals surface area contributed by atoms with Crippen molar-refractivity contribution in [3.63, 3.8) is 0 Å². The van der Waals surface area contributed by atoms with Gasteiger partial charge in [0.25, 0.3) is 0 Å². The Kier molecular flexibility index (Phi) is 3.13. The molecule has 0 spiro atoms. The second-order valence-electron chi connectivity index (χ2n) is 8.07. The van der Waals surface area contributed by atoms with E-state index < -0.39 is 0 Å². The summed E-state index contributed by atoms with van der Waals surface area (Å²) in [5.74, 6) is 3.00. The molecule has 0 aromatic rings. The first kappa shape index (κ1) is 13.2. The molecule has 4 atom stereocenters. The Morgan fingerprint density at radius 2 is 2.05 bits per heavy atom. The third-order valence-corrected chi connectivity index (χ3v) is 7.49. The van der Waals surface area contributed by atoms with Crippen molar-refractivity contribution < 1.29 is 0 Å². The maximum atomic E-state index is 2.65. The summed E-state index contributed by atoms with van der Waals surface area (Å²) in [4.78, 5) is 0. The predicted octanol–water partition coefficient (Wildman–Crippen LogP) is 6.04. The minimum absolute atomic E-state index is 0.680. The molecule has 0 heteroatoms. The minimum Gasteiger partial charge on any atom is -0.0810 e. The predicted molar refractivity (Wildman–Crippen MR) is 85.5 cm³/mol. The zero-order valence-electron chi connectivity index (χ0n) is 13.4. The Morgan fingerprint density at radius 1 is 1.15 bits per heavy atom. The normalized spacial score (nSPS) is 43.7. The summed E-state index contributed by atoms with van der Waals surface area (Å²) in [6.45, 7) is 5.07. The molecule has 4 aliphatic carbocycles. The number of fused-ring (bicyclic) bond motifs is 4. The fourth-order valence-corrected chi connectivity index (χ4v) is 6.42. The molecule has 0 aromatic heterocycles. The van der Waals surface area contributed by atoms with Gasteiger partial charge in [-0.2, -0.15) is 0 Å². The van der Waals surface area contributed by atoms with Crippen LogP contribution in [0.1, 0.15) is 78.1 Å². The molecule has 0 heterocycles. The van der Waals surface area contributed by atoms with Gasteiger partial charge < -0.3 is 0 Å². The van der Waals surface area contributed by atoms with Crippen LogP contribution in [0.3, 0.4) is 0 Å². The zero-order valence-corrected chi connectivity index (χ0v) is 13.4. The summed E-state index contributed by atoms with van der Waals surface area (Å²) >= 11 is 0. The lowest BCUT2D eigenvalue weighted by Crippen LogP contribution is -2.39. The molecule has 0 radical (unpaired) electrons. The van der Waals surface area contributed by atoms with Crippen molar-refractivity contribution in [2.45, 2.75) is 78.1 Å². The van der Waals surface area contributed by atoms with Gasteiger partial charge in [-0.15, -0.1) is 0 Å². The molecule has 0 amide bonds. The molecule has 0 nitrogen and oxygen atoms in total. The summed E-state index contributed by atoms with van der Waals surface area (Å²) in [7, 11) is 0. The molecule has 20 heavy (non-hydrogen) atoms. The van der Waals surface area contributed by atoms with E-state index in [2.05, 4.69) is 19.9 Å². The standard InChI is InChI=1S/C20H30/c1-3-15-9-11-19-18-10-8-14-6-4-5-7-16(14)17(18)12-13-20(15,19)2/h6,15,18-19H,3-5,7-13H2,1-2H3/t15-,18+,19-,20+/m0/s1. The zero-order chi connectivity index (χ0) is 13.7. The van der Waals surface area contributed by atoms with Gasteiger partial charge in [0.15, 0.2) is 0 Å². The van der Waals surface area contributed by atoms with Crippen molar-refractivity contribution >= 4 is 0 Å². The third-order valence-electron chi connectivity index (χ3n) is 7.49. The minimum atomic E-state index is 0.680. The van der Waals surface area contributed by atoms with E-state index in [0.717, 1.165) is 17.8 Å². The highest BCUT2D eigenvalue weighted by Gasteiger charge is 2.52. The fourth-order valence-electron chi connectivity index (χ4n) is 6.42. The Morgan fingerprint density at radius 3 is 2.90 bits per heavy atom. The molecular weight excluding hydrogens is 240 g/mol. The average Bonchev–Trinajstić information content (AvgIpc) is 2.83. The van der Waals surface area contributed by atoms with Crippen LogP contribution in [0.2, 0.25) is 0 Å². The monoisotopic (exact) mass is 270 g/mol. The SMILES string of the molecule is CC[C@H]1CC[C@H]2[C@@H]3CCC4=CCCCC4=C3CC[C@]12C. The molecule has 4 rings (SSSR count). The first-order valence-corrected chi connectivity index (χ1v) is 9.15. The quantitative estimate of drug-likeness (QED) is 0.545. The topological polar surface area (TPSA) is 0 Å². The maximum Gasteiger partial charge on any atom is -0.0160 e. The summed E-state index contributed by atoms with van der Waals surface area (Å²) in [6.07, 6.45) is 17.0. The second kappa shape index (κ2) is 4.75. The van der Waals surface area contributed by atoms with Gasteiger partial charge in [0.1, 0.15) is 0 Å². The van der Waals surface area contributed by atoms with Crippen LogP contribution in [0, 0.1) is 23.2 Å². The van der Waals surface area contributed by atoms with Crippen LogP contribution in [-0.4, -0.2) is 0 Å². The van der Waals surface area contributed by atoms with Gasteiger partial charge in [0, 0.05) is 0 Å². The first-order chi connectivity index (χ1) is 9.74. The van der Waals surface area contributed by atoms with Crippen molar-refractivity contribution in [1.82, 2.24) is 0 Å². The highest BCUT2D eigenvalue weighted by Crippen LogP contribution is 2.62. The molecule has 0 saturated heterocycles. The molecule has 0 N–H and O–H groups in total. The van der Waals surface area contributed by atoms with Crippen LogP contribution in [0.25, 0.3) is 0 Å². The first-order valence-electron chi connectivity index (χ1n) is 9.15. The van der Waals surface area contributed by atoms with Crippen molar-refractivity contribution in [1.29, 1.82) is 0 Å².